The lowest BCUT2D eigenvalue weighted by Crippen LogP contribution is -2.30. The van der Waals surface area contributed by atoms with Crippen LogP contribution < -0.4 is 10.6 Å². The molecule has 0 bridgehead atoms. The van der Waals surface area contributed by atoms with Crippen LogP contribution in [0.3, 0.4) is 0 Å². The molecule has 1 aromatic heterocycles. The molecule has 0 aliphatic heterocycles. The quantitative estimate of drug-likeness (QED) is 0.692. The summed E-state index contributed by atoms with van der Waals surface area (Å²) in [6.45, 7) is 9.13. The minimum atomic E-state index is 0.0123. The summed E-state index contributed by atoms with van der Waals surface area (Å²) >= 11 is 0. The van der Waals surface area contributed by atoms with Gasteiger partial charge in [0.1, 0.15) is 5.82 Å². The van der Waals surface area contributed by atoms with Crippen molar-refractivity contribution >= 4 is 11.8 Å². The topological polar surface area (TPSA) is 70.1 Å². The van der Waals surface area contributed by atoms with Gasteiger partial charge in [0.15, 0.2) is 0 Å². The number of aryl methyl sites for hydroxylation is 1. The van der Waals surface area contributed by atoms with E-state index in [1.165, 1.54) is 0 Å². The van der Waals surface area contributed by atoms with E-state index in [0.29, 0.717) is 11.9 Å². The van der Waals surface area contributed by atoms with Crippen LogP contribution in [-0.2, 0) is 0 Å². The van der Waals surface area contributed by atoms with Gasteiger partial charge in [-0.1, -0.05) is 20.8 Å². The smallest absolute Gasteiger partial charge is 0.224 e. The molecule has 102 valence electrons. The molecule has 3 N–H and O–H groups in total. The largest absolute Gasteiger partial charge is 0.394 e. The zero-order valence-electron chi connectivity index (χ0n) is 11.7. The first kappa shape index (κ1) is 14.7. The van der Waals surface area contributed by atoms with Crippen molar-refractivity contribution in [3.63, 3.8) is 0 Å². The Hall–Kier alpha value is -1.36. The second-order valence-corrected chi connectivity index (χ2v) is 4.82. The van der Waals surface area contributed by atoms with Gasteiger partial charge in [-0.3, -0.25) is 0 Å². The molecule has 0 radical (unpaired) electrons. The molecule has 5 nitrogen and oxygen atoms in total. The maximum absolute atomic E-state index is 9.32. The first-order chi connectivity index (χ1) is 8.56. The third kappa shape index (κ3) is 4.49. The monoisotopic (exact) mass is 252 g/mol. The van der Waals surface area contributed by atoms with Gasteiger partial charge in [0.05, 0.1) is 12.6 Å². The summed E-state index contributed by atoms with van der Waals surface area (Å²) in [7, 11) is 0. The Balaban J connectivity index is 2.78. The van der Waals surface area contributed by atoms with Crippen molar-refractivity contribution in [2.24, 2.45) is 5.92 Å². The van der Waals surface area contributed by atoms with Gasteiger partial charge in [-0.25, -0.2) is 4.98 Å². The van der Waals surface area contributed by atoms with Crippen LogP contribution in [0.1, 0.15) is 32.9 Å². The molecule has 0 aliphatic carbocycles. The Morgan fingerprint density at radius 1 is 1.33 bits per heavy atom. The molecule has 1 aromatic rings. The molecule has 1 heterocycles. The van der Waals surface area contributed by atoms with Crippen molar-refractivity contribution in [3.8, 4) is 0 Å². The predicted octanol–water partition coefficient (Wildman–Crippen LogP) is 2.04. The summed E-state index contributed by atoms with van der Waals surface area (Å²) in [5.41, 5.74) is 0.909. The van der Waals surface area contributed by atoms with Gasteiger partial charge in [-0.2, -0.15) is 4.98 Å². The van der Waals surface area contributed by atoms with E-state index in [2.05, 4.69) is 41.4 Å². The predicted molar refractivity (Wildman–Crippen MR) is 74.9 cm³/mol. The minimum Gasteiger partial charge on any atom is -0.394 e. The number of anilines is 2. The molecule has 1 unspecified atom stereocenters. The van der Waals surface area contributed by atoms with Crippen molar-refractivity contribution < 1.29 is 5.11 Å². The number of aliphatic hydroxyl groups excluding tert-OH is 1. The second kappa shape index (κ2) is 7.16. The summed E-state index contributed by atoms with van der Waals surface area (Å²) in [6, 6.07) is 1.90. The van der Waals surface area contributed by atoms with Crippen LogP contribution in [0.4, 0.5) is 11.8 Å². The lowest BCUT2D eigenvalue weighted by molar-refractivity contribution is 0.249. The third-order valence-electron chi connectivity index (χ3n) is 2.72. The number of nitrogens with zero attached hydrogens (tertiary/aromatic N) is 2. The van der Waals surface area contributed by atoms with Crippen molar-refractivity contribution in [1.29, 1.82) is 0 Å². The fraction of sp³-hybridized carbons (Fsp3) is 0.692. The van der Waals surface area contributed by atoms with Gasteiger partial charge in [0.25, 0.3) is 0 Å². The van der Waals surface area contributed by atoms with E-state index >= 15 is 0 Å². The van der Waals surface area contributed by atoms with Crippen molar-refractivity contribution in [2.75, 3.05) is 23.8 Å². The molecule has 1 atom stereocenters. The van der Waals surface area contributed by atoms with Crippen LogP contribution >= 0.6 is 0 Å². The lowest BCUT2D eigenvalue weighted by Gasteiger charge is -2.21. The molecule has 18 heavy (non-hydrogen) atoms. The van der Waals surface area contributed by atoms with Crippen LogP contribution in [-0.4, -0.2) is 34.3 Å². The first-order valence-electron chi connectivity index (χ1n) is 6.53. The SMILES string of the molecule is CCCNc1nc(C)cc(NC(CO)C(C)C)n1. The lowest BCUT2D eigenvalue weighted by atomic mass is 10.1. The highest BCUT2D eigenvalue weighted by Crippen LogP contribution is 2.13. The van der Waals surface area contributed by atoms with Gasteiger partial charge in [-0.15, -0.1) is 0 Å². The standard InChI is InChI=1S/C13H24N4O/c1-5-6-14-13-15-10(4)7-12(17-13)16-11(8-18)9(2)3/h7,9,11,18H,5-6,8H2,1-4H3,(H2,14,15,16,17). The van der Waals surface area contributed by atoms with Crippen molar-refractivity contribution in [1.82, 2.24) is 9.97 Å². The molecule has 0 fully saturated rings. The zero-order valence-corrected chi connectivity index (χ0v) is 11.7. The summed E-state index contributed by atoms with van der Waals surface area (Å²) in [4.78, 5) is 8.72. The molecular weight excluding hydrogens is 228 g/mol. The maximum Gasteiger partial charge on any atom is 0.224 e. The highest BCUT2D eigenvalue weighted by Gasteiger charge is 2.13. The van der Waals surface area contributed by atoms with Crippen molar-refractivity contribution in [3.05, 3.63) is 11.8 Å². The average molecular weight is 252 g/mol. The van der Waals surface area contributed by atoms with E-state index in [1.54, 1.807) is 0 Å². The number of aromatic nitrogens is 2. The molecule has 0 aliphatic rings. The van der Waals surface area contributed by atoms with Gasteiger partial charge >= 0.3 is 0 Å². The van der Waals surface area contributed by atoms with E-state index in [-0.39, 0.29) is 12.6 Å². The molecule has 0 amide bonds. The van der Waals surface area contributed by atoms with Crippen LogP contribution in [0.5, 0.6) is 0 Å². The molecular formula is C13H24N4O. The second-order valence-electron chi connectivity index (χ2n) is 4.82. The first-order valence-corrected chi connectivity index (χ1v) is 6.53. The van der Waals surface area contributed by atoms with Crippen LogP contribution in [0.2, 0.25) is 0 Å². The van der Waals surface area contributed by atoms with E-state index in [9.17, 15) is 5.11 Å². The number of rotatable bonds is 7. The van der Waals surface area contributed by atoms with Gasteiger partial charge in [0, 0.05) is 18.3 Å². The minimum absolute atomic E-state index is 0.0123. The Kier molecular flexibility index (Phi) is 5.85. The Labute approximate surface area is 109 Å². The number of hydrogen-bond donors (Lipinski definition) is 3. The molecule has 0 spiro atoms. The van der Waals surface area contributed by atoms with E-state index in [4.69, 9.17) is 0 Å². The van der Waals surface area contributed by atoms with Crippen LogP contribution in [0, 0.1) is 12.8 Å². The highest BCUT2D eigenvalue weighted by atomic mass is 16.3. The zero-order chi connectivity index (χ0) is 13.5. The third-order valence-corrected chi connectivity index (χ3v) is 2.72. The highest BCUT2D eigenvalue weighted by molar-refractivity contribution is 5.43. The number of hydrogen-bond acceptors (Lipinski definition) is 5. The number of nitrogens with one attached hydrogen (secondary N) is 2. The van der Waals surface area contributed by atoms with Gasteiger partial charge in [-0.05, 0) is 19.3 Å². The molecule has 0 aromatic carbocycles. The Bertz CT molecular complexity index is 368. The summed E-state index contributed by atoms with van der Waals surface area (Å²) in [6.07, 6.45) is 1.03. The van der Waals surface area contributed by atoms with E-state index in [1.807, 2.05) is 13.0 Å². The average Bonchev–Trinajstić information content (AvgIpc) is 2.32. The van der Waals surface area contributed by atoms with E-state index in [0.717, 1.165) is 24.5 Å². The molecule has 1 rings (SSSR count). The fourth-order valence-corrected chi connectivity index (χ4v) is 1.57. The molecule has 0 saturated carbocycles. The van der Waals surface area contributed by atoms with Crippen molar-refractivity contribution in [2.45, 2.75) is 40.2 Å². The van der Waals surface area contributed by atoms with Crippen LogP contribution in [0.25, 0.3) is 0 Å². The van der Waals surface area contributed by atoms with E-state index < -0.39 is 0 Å². The number of aliphatic hydroxyl groups is 1. The normalized spacial score (nSPS) is 12.6. The fourth-order valence-electron chi connectivity index (χ4n) is 1.57. The molecule has 0 saturated heterocycles. The summed E-state index contributed by atoms with van der Waals surface area (Å²) in [5, 5.41) is 15.7. The Morgan fingerprint density at radius 3 is 2.61 bits per heavy atom. The van der Waals surface area contributed by atoms with Crippen LogP contribution in [0.15, 0.2) is 6.07 Å². The van der Waals surface area contributed by atoms with Gasteiger partial charge < -0.3 is 15.7 Å². The maximum atomic E-state index is 9.32. The van der Waals surface area contributed by atoms with Gasteiger partial charge in [0.2, 0.25) is 5.95 Å². The summed E-state index contributed by atoms with van der Waals surface area (Å²) in [5.74, 6) is 1.74. The Morgan fingerprint density at radius 2 is 2.06 bits per heavy atom. The molecule has 5 heteroatoms. The summed E-state index contributed by atoms with van der Waals surface area (Å²) < 4.78 is 0.